The van der Waals surface area contributed by atoms with Crippen molar-refractivity contribution < 1.29 is 4.79 Å². The monoisotopic (exact) mass is 276 g/mol. The van der Waals surface area contributed by atoms with E-state index in [-0.39, 0.29) is 0 Å². The van der Waals surface area contributed by atoms with Crippen LogP contribution < -0.4 is 5.32 Å². The lowest BCUT2D eigenvalue weighted by atomic mass is 9.94. The minimum absolute atomic E-state index is 0.291. The van der Waals surface area contributed by atoms with Gasteiger partial charge in [-0.2, -0.15) is 5.10 Å². The molecule has 1 aromatic rings. The number of carbonyl (C=O) groups excluding carboxylic acids is 1. The van der Waals surface area contributed by atoms with Crippen molar-refractivity contribution >= 4 is 5.91 Å². The van der Waals surface area contributed by atoms with Crippen LogP contribution in [0, 0.1) is 0 Å². The SMILES string of the molecule is O=C(CCn1cccn1)N1CCCCC1C1CCCN1. The molecule has 0 aromatic carbocycles. The molecule has 3 rings (SSSR count). The van der Waals surface area contributed by atoms with Gasteiger partial charge in [0.15, 0.2) is 0 Å². The molecule has 2 unspecified atom stereocenters. The number of nitrogens with zero attached hydrogens (tertiary/aromatic N) is 3. The van der Waals surface area contributed by atoms with Gasteiger partial charge in [0.05, 0.1) is 0 Å². The molecule has 5 heteroatoms. The fourth-order valence-electron chi connectivity index (χ4n) is 3.51. The van der Waals surface area contributed by atoms with Crippen LogP contribution in [-0.2, 0) is 11.3 Å². The number of hydrogen-bond acceptors (Lipinski definition) is 3. The van der Waals surface area contributed by atoms with E-state index in [1.54, 1.807) is 6.20 Å². The Labute approximate surface area is 120 Å². The summed E-state index contributed by atoms with van der Waals surface area (Å²) in [5, 5.41) is 7.73. The summed E-state index contributed by atoms with van der Waals surface area (Å²) in [5.74, 6) is 0.291. The van der Waals surface area contributed by atoms with Gasteiger partial charge in [-0.05, 0) is 44.7 Å². The molecule has 20 heavy (non-hydrogen) atoms. The number of nitrogens with one attached hydrogen (secondary N) is 1. The molecule has 1 amide bonds. The van der Waals surface area contributed by atoms with E-state index in [1.807, 2.05) is 16.9 Å². The second-order valence-corrected chi connectivity index (χ2v) is 5.87. The summed E-state index contributed by atoms with van der Waals surface area (Å²) < 4.78 is 1.84. The highest BCUT2D eigenvalue weighted by Crippen LogP contribution is 2.24. The van der Waals surface area contributed by atoms with Crippen molar-refractivity contribution in [2.24, 2.45) is 0 Å². The zero-order valence-corrected chi connectivity index (χ0v) is 12.0. The summed E-state index contributed by atoms with van der Waals surface area (Å²) in [6.07, 6.45) is 10.3. The molecule has 0 spiro atoms. The maximum absolute atomic E-state index is 12.5. The molecule has 2 aliphatic rings. The van der Waals surface area contributed by atoms with E-state index in [0.29, 0.717) is 31.0 Å². The Bertz CT molecular complexity index is 425. The number of piperidine rings is 1. The first kappa shape index (κ1) is 13.6. The highest BCUT2D eigenvalue weighted by atomic mass is 16.2. The quantitative estimate of drug-likeness (QED) is 0.904. The predicted octanol–water partition coefficient (Wildman–Crippen LogP) is 1.41. The normalized spacial score (nSPS) is 26.9. The van der Waals surface area contributed by atoms with Gasteiger partial charge < -0.3 is 10.2 Å². The maximum atomic E-state index is 12.5. The lowest BCUT2D eigenvalue weighted by molar-refractivity contribution is -0.135. The fraction of sp³-hybridized carbons (Fsp3) is 0.733. The van der Waals surface area contributed by atoms with E-state index in [2.05, 4.69) is 15.3 Å². The van der Waals surface area contributed by atoms with Crippen molar-refractivity contribution in [2.45, 2.75) is 57.2 Å². The lowest BCUT2D eigenvalue weighted by Crippen LogP contribution is -2.52. The van der Waals surface area contributed by atoms with Crippen molar-refractivity contribution in [3.8, 4) is 0 Å². The average Bonchev–Trinajstić information content (AvgIpc) is 3.18. The number of likely N-dealkylation sites (tertiary alicyclic amines) is 1. The topological polar surface area (TPSA) is 50.2 Å². The Balaban J connectivity index is 1.58. The third-order valence-corrected chi connectivity index (χ3v) is 4.55. The Hall–Kier alpha value is -1.36. The number of aromatic nitrogens is 2. The molecule has 1 N–H and O–H groups in total. The van der Waals surface area contributed by atoms with Crippen LogP contribution in [0.25, 0.3) is 0 Å². The van der Waals surface area contributed by atoms with E-state index in [4.69, 9.17) is 0 Å². The number of aryl methyl sites for hydroxylation is 1. The third kappa shape index (κ3) is 3.03. The summed E-state index contributed by atoms with van der Waals surface area (Å²) in [7, 11) is 0. The molecule has 5 nitrogen and oxygen atoms in total. The van der Waals surface area contributed by atoms with Crippen LogP contribution in [0.2, 0.25) is 0 Å². The van der Waals surface area contributed by atoms with Crippen LogP contribution in [0.1, 0.15) is 38.5 Å². The minimum atomic E-state index is 0.291. The summed E-state index contributed by atoms with van der Waals surface area (Å²) in [6, 6.07) is 2.83. The largest absolute Gasteiger partial charge is 0.338 e. The molecule has 0 saturated carbocycles. The standard InChI is InChI=1S/C15H24N4O/c20-15(7-12-18-10-4-9-17-18)19-11-2-1-6-14(19)13-5-3-8-16-13/h4,9-10,13-14,16H,1-3,5-8,11-12H2. The first-order chi connectivity index (χ1) is 9.84. The molecule has 2 aliphatic heterocycles. The van der Waals surface area contributed by atoms with E-state index >= 15 is 0 Å². The summed E-state index contributed by atoms with van der Waals surface area (Å²) in [6.45, 7) is 2.73. The molecule has 1 aromatic heterocycles. The van der Waals surface area contributed by atoms with Gasteiger partial charge in [0, 0.05) is 44.0 Å². The maximum Gasteiger partial charge on any atom is 0.224 e. The van der Waals surface area contributed by atoms with E-state index in [9.17, 15) is 4.79 Å². The smallest absolute Gasteiger partial charge is 0.224 e. The van der Waals surface area contributed by atoms with E-state index in [0.717, 1.165) is 25.9 Å². The fourth-order valence-corrected chi connectivity index (χ4v) is 3.51. The van der Waals surface area contributed by atoms with Gasteiger partial charge in [0.2, 0.25) is 5.91 Å². The van der Waals surface area contributed by atoms with Gasteiger partial charge in [-0.3, -0.25) is 9.48 Å². The first-order valence-corrected chi connectivity index (χ1v) is 7.85. The van der Waals surface area contributed by atoms with Crippen molar-refractivity contribution in [3.05, 3.63) is 18.5 Å². The number of hydrogen-bond donors (Lipinski definition) is 1. The van der Waals surface area contributed by atoms with Gasteiger partial charge in [0.25, 0.3) is 0 Å². The van der Waals surface area contributed by atoms with Gasteiger partial charge >= 0.3 is 0 Å². The zero-order chi connectivity index (χ0) is 13.8. The second kappa shape index (κ2) is 6.39. The van der Waals surface area contributed by atoms with Crippen molar-refractivity contribution in [3.63, 3.8) is 0 Å². The van der Waals surface area contributed by atoms with Crippen LogP contribution in [0.3, 0.4) is 0 Å². The Kier molecular flexibility index (Phi) is 4.35. The Morgan fingerprint density at radius 2 is 2.25 bits per heavy atom. The summed E-state index contributed by atoms with van der Waals surface area (Å²) in [4.78, 5) is 14.7. The Morgan fingerprint density at radius 1 is 1.30 bits per heavy atom. The molecular formula is C15H24N4O. The number of amides is 1. The lowest BCUT2D eigenvalue weighted by Gasteiger charge is -2.39. The van der Waals surface area contributed by atoms with Crippen molar-refractivity contribution in [2.75, 3.05) is 13.1 Å². The predicted molar refractivity (Wildman–Crippen MR) is 77.2 cm³/mol. The Morgan fingerprint density at radius 3 is 3.00 bits per heavy atom. The number of carbonyl (C=O) groups is 1. The van der Waals surface area contributed by atoms with E-state index in [1.165, 1.54) is 19.3 Å². The average molecular weight is 276 g/mol. The zero-order valence-electron chi connectivity index (χ0n) is 12.0. The molecule has 0 aliphatic carbocycles. The highest BCUT2D eigenvalue weighted by Gasteiger charge is 2.33. The van der Waals surface area contributed by atoms with Crippen LogP contribution in [0.15, 0.2) is 18.5 Å². The molecular weight excluding hydrogens is 252 g/mol. The van der Waals surface area contributed by atoms with Gasteiger partial charge in [0.1, 0.15) is 0 Å². The van der Waals surface area contributed by atoms with Crippen LogP contribution in [0.5, 0.6) is 0 Å². The first-order valence-electron chi connectivity index (χ1n) is 7.85. The molecule has 2 atom stereocenters. The van der Waals surface area contributed by atoms with Gasteiger partial charge in [-0.25, -0.2) is 0 Å². The van der Waals surface area contributed by atoms with Crippen molar-refractivity contribution in [1.29, 1.82) is 0 Å². The third-order valence-electron chi connectivity index (χ3n) is 4.55. The molecule has 2 saturated heterocycles. The molecule has 110 valence electrons. The van der Waals surface area contributed by atoms with Crippen LogP contribution >= 0.6 is 0 Å². The molecule has 0 radical (unpaired) electrons. The number of rotatable bonds is 4. The molecule has 2 fully saturated rings. The van der Waals surface area contributed by atoms with Crippen molar-refractivity contribution in [1.82, 2.24) is 20.0 Å². The van der Waals surface area contributed by atoms with E-state index < -0.39 is 0 Å². The molecule has 3 heterocycles. The summed E-state index contributed by atoms with van der Waals surface area (Å²) >= 11 is 0. The van der Waals surface area contributed by atoms with Gasteiger partial charge in [-0.1, -0.05) is 0 Å². The molecule has 0 bridgehead atoms. The van der Waals surface area contributed by atoms with Crippen LogP contribution in [0.4, 0.5) is 0 Å². The highest BCUT2D eigenvalue weighted by molar-refractivity contribution is 5.76. The van der Waals surface area contributed by atoms with Gasteiger partial charge in [-0.15, -0.1) is 0 Å². The summed E-state index contributed by atoms with van der Waals surface area (Å²) in [5.41, 5.74) is 0. The van der Waals surface area contributed by atoms with Crippen LogP contribution in [-0.4, -0.2) is 45.8 Å². The minimum Gasteiger partial charge on any atom is -0.338 e. The second-order valence-electron chi connectivity index (χ2n) is 5.87.